The van der Waals surface area contributed by atoms with E-state index >= 15 is 0 Å². The zero-order valence-corrected chi connectivity index (χ0v) is 15.3. The maximum Gasteiger partial charge on any atom is 0.310 e. The van der Waals surface area contributed by atoms with Crippen LogP contribution in [0.15, 0.2) is 18.3 Å². The predicted octanol–water partition coefficient (Wildman–Crippen LogP) is 2.38. The normalized spacial score (nSPS) is 23.3. The fourth-order valence-electron chi connectivity index (χ4n) is 3.18. The van der Waals surface area contributed by atoms with Gasteiger partial charge in [-0.3, -0.25) is 9.59 Å². The number of rotatable bonds is 5. The summed E-state index contributed by atoms with van der Waals surface area (Å²) in [6.45, 7) is 3.24. The second-order valence-corrected chi connectivity index (χ2v) is 7.48. The van der Waals surface area contributed by atoms with Gasteiger partial charge < -0.3 is 14.4 Å². The molecule has 2 unspecified atom stereocenters. The van der Waals surface area contributed by atoms with Gasteiger partial charge in [-0.05, 0) is 38.0 Å². The second-order valence-electron chi connectivity index (χ2n) is 6.33. The molecule has 1 aromatic rings. The first-order chi connectivity index (χ1) is 12.2. The van der Waals surface area contributed by atoms with Gasteiger partial charge in [0.1, 0.15) is 6.10 Å². The van der Waals surface area contributed by atoms with Crippen LogP contribution in [-0.4, -0.2) is 59.1 Å². The number of carbonyl (C=O) groups excluding carboxylic acids is 2. The van der Waals surface area contributed by atoms with Gasteiger partial charge in [-0.2, -0.15) is 11.8 Å². The molecular weight excluding hydrogens is 340 g/mol. The Balaban J connectivity index is 1.64. The van der Waals surface area contributed by atoms with Crippen molar-refractivity contribution in [2.45, 2.75) is 32.3 Å². The second kappa shape index (κ2) is 8.56. The third-order valence-electron chi connectivity index (χ3n) is 4.49. The summed E-state index contributed by atoms with van der Waals surface area (Å²) in [7, 11) is 0. The molecule has 7 heteroatoms. The molecule has 0 N–H and O–H groups in total. The summed E-state index contributed by atoms with van der Waals surface area (Å²) in [6.07, 6.45) is 4.37. The first kappa shape index (κ1) is 18.0. The highest BCUT2D eigenvalue weighted by Gasteiger charge is 2.30. The fourth-order valence-corrected chi connectivity index (χ4v) is 4.27. The van der Waals surface area contributed by atoms with Crippen LogP contribution in [0.4, 0.5) is 0 Å². The van der Waals surface area contributed by atoms with Crippen molar-refractivity contribution in [2.75, 3.05) is 31.2 Å². The molecule has 3 heterocycles. The Kier molecular flexibility index (Phi) is 6.18. The van der Waals surface area contributed by atoms with Gasteiger partial charge >= 0.3 is 5.97 Å². The van der Waals surface area contributed by atoms with Crippen LogP contribution in [-0.2, 0) is 9.53 Å². The molecule has 2 aliphatic rings. The third kappa shape index (κ3) is 4.66. The number of amides is 1. The van der Waals surface area contributed by atoms with Crippen LogP contribution < -0.4 is 4.74 Å². The number of thioether (sulfide) groups is 1. The van der Waals surface area contributed by atoms with Crippen LogP contribution in [0.2, 0.25) is 0 Å². The first-order valence-corrected chi connectivity index (χ1v) is 9.99. The molecule has 1 amide bonds. The van der Waals surface area contributed by atoms with E-state index in [2.05, 4.69) is 4.98 Å². The average molecular weight is 364 g/mol. The van der Waals surface area contributed by atoms with E-state index in [4.69, 9.17) is 9.47 Å². The lowest BCUT2D eigenvalue weighted by Crippen LogP contribution is -2.42. The highest BCUT2D eigenvalue weighted by molar-refractivity contribution is 7.99. The van der Waals surface area contributed by atoms with E-state index in [1.807, 2.05) is 11.8 Å². The van der Waals surface area contributed by atoms with E-state index in [9.17, 15) is 9.59 Å². The summed E-state index contributed by atoms with van der Waals surface area (Å²) in [4.78, 5) is 30.7. The fraction of sp³-hybridized carbons (Fsp3) is 0.611. The largest absolute Gasteiger partial charge is 0.473 e. The van der Waals surface area contributed by atoms with Gasteiger partial charge in [0.25, 0.3) is 5.91 Å². The summed E-state index contributed by atoms with van der Waals surface area (Å²) in [5.41, 5.74) is 0.556. The Morgan fingerprint density at radius 3 is 3.04 bits per heavy atom. The molecule has 2 saturated heterocycles. The molecule has 0 aliphatic carbocycles. The van der Waals surface area contributed by atoms with Crippen LogP contribution in [0.1, 0.15) is 36.5 Å². The van der Waals surface area contributed by atoms with Gasteiger partial charge in [-0.1, -0.05) is 0 Å². The van der Waals surface area contributed by atoms with Gasteiger partial charge in [0, 0.05) is 36.7 Å². The van der Waals surface area contributed by atoms with Crippen LogP contribution in [0, 0.1) is 5.92 Å². The number of aromatic nitrogens is 1. The summed E-state index contributed by atoms with van der Waals surface area (Å²) in [5, 5.41) is 0. The van der Waals surface area contributed by atoms with Crippen LogP contribution in [0.3, 0.4) is 0 Å². The quantitative estimate of drug-likeness (QED) is 0.747. The van der Waals surface area contributed by atoms with Crippen molar-refractivity contribution in [1.29, 1.82) is 0 Å². The Hall–Kier alpha value is -1.76. The van der Waals surface area contributed by atoms with Crippen molar-refractivity contribution in [3.05, 3.63) is 23.9 Å². The molecule has 2 fully saturated rings. The number of likely N-dealkylation sites (tertiary alicyclic amines) is 1. The van der Waals surface area contributed by atoms with Crippen LogP contribution >= 0.6 is 11.8 Å². The van der Waals surface area contributed by atoms with Crippen LogP contribution in [0.5, 0.6) is 5.88 Å². The van der Waals surface area contributed by atoms with Crippen molar-refractivity contribution in [1.82, 2.24) is 9.88 Å². The van der Waals surface area contributed by atoms with Crippen molar-refractivity contribution < 1.29 is 19.1 Å². The summed E-state index contributed by atoms with van der Waals surface area (Å²) >= 11 is 1.87. The summed E-state index contributed by atoms with van der Waals surface area (Å²) < 4.78 is 11.0. The number of esters is 1. The predicted molar refractivity (Wildman–Crippen MR) is 95.9 cm³/mol. The highest BCUT2D eigenvalue weighted by Crippen LogP contribution is 2.24. The minimum Gasteiger partial charge on any atom is -0.473 e. The number of hydrogen-bond acceptors (Lipinski definition) is 6. The SMILES string of the molecule is CCOC(=O)C1CCCN(C(=O)c2ccnc(OC3CCSC3)c2)C1. The minimum absolute atomic E-state index is 0.0814. The van der Waals surface area contributed by atoms with E-state index in [0.717, 1.165) is 30.8 Å². The van der Waals surface area contributed by atoms with E-state index in [0.29, 0.717) is 31.1 Å². The maximum absolute atomic E-state index is 12.8. The number of hydrogen-bond donors (Lipinski definition) is 0. The summed E-state index contributed by atoms with van der Waals surface area (Å²) in [6, 6.07) is 3.41. The molecule has 0 radical (unpaired) electrons. The topological polar surface area (TPSA) is 68.7 Å². The van der Waals surface area contributed by atoms with Gasteiger partial charge in [0.05, 0.1) is 12.5 Å². The minimum atomic E-state index is -0.231. The van der Waals surface area contributed by atoms with E-state index < -0.39 is 0 Å². The third-order valence-corrected chi connectivity index (χ3v) is 5.62. The summed E-state index contributed by atoms with van der Waals surface area (Å²) in [5.74, 6) is 2.04. The molecule has 2 aliphatic heterocycles. The molecule has 0 bridgehead atoms. The first-order valence-electron chi connectivity index (χ1n) is 8.83. The standard InChI is InChI=1S/C18H24N2O4S/c1-2-23-18(22)14-4-3-8-20(11-14)17(21)13-5-7-19-16(10-13)24-15-6-9-25-12-15/h5,7,10,14-15H,2-4,6,8-9,11-12H2,1H3. The molecule has 1 aromatic heterocycles. The number of pyridine rings is 1. The smallest absolute Gasteiger partial charge is 0.310 e. The number of nitrogens with zero attached hydrogens (tertiary/aromatic N) is 2. The molecule has 0 saturated carbocycles. The lowest BCUT2D eigenvalue weighted by Gasteiger charge is -2.31. The Bertz CT molecular complexity index is 619. The van der Waals surface area contributed by atoms with Crippen molar-refractivity contribution >= 4 is 23.6 Å². The maximum atomic E-state index is 12.8. The van der Waals surface area contributed by atoms with E-state index in [1.165, 1.54) is 0 Å². The lowest BCUT2D eigenvalue weighted by atomic mass is 9.97. The molecule has 136 valence electrons. The average Bonchev–Trinajstić information content (AvgIpc) is 3.14. The lowest BCUT2D eigenvalue weighted by molar-refractivity contribution is -0.149. The van der Waals surface area contributed by atoms with Crippen LogP contribution in [0.25, 0.3) is 0 Å². The molecule has 3 rings (SSSR count). The van der Waals surface area contributed by atoms with Gasteiger partial charge in [0.2, 0.25) is 5.88 Å². The zero-order valence-electron chi connectivity index (χ0n) is 14.5. The molecule has 0 spiro atoms. The van der Waals surface area contributed by atoms with Gasteiger partial charge in [-0.15, -0.1) is 0 Å². The van der Waals surface area contributed by atoms with E-state index in [-0.39, 0.29) is 23.9 Å². The Morgan fingerprint density at radius 1 is 1.40 bits per heavy atom. The monoisotopic (exact) mass is 364 g/mol. The van der Waals surface area contributed by atoms with Crippen molar-refractivity contribution in [2.24, 2.45) is 5.92 Å². The molecule has 25 heavy (non-hydrogen) atoms. The Morgan fingerprint density at radius 2 is 2.28 bits per heavy atom. The number of piperidine rings is 1. The molecule has 6 nitrogen and oxygen atoms in total. The molecule has 0 aromatic carbocycles. The zero-order chi connectivity index (χ0) is 17.6. The molecular formula is C18H24N2O4S. The highest BCUT2D eigenvalue weighted by atomic mass is 32.2. The number of carbonyl (C=O) groups is 2. The Labute approximate surface area is 152 Å². The van der Waals surface area contributed by atoms with Crippen molar-refractivity contribution in [3.63, 3.8) is 0 Å². The van der Waals surface area contributed by atoms with Gasteiger partial charge in [-0.25, -0.2) is 4.98 Å². The van der Waals surface area contributed by atoms with Gasteiger partial charge in [0.15, 0.2) is 0 Å². The number of ether oxygens (including phenoxy) is 2. The molecule has 2 atom stereocenters. The van der Waals surface area contributed by atoms with Crippen molar-refractivity contribution in [3.8, 4) is 5.88 Å². The van der Waals surface area contributed by atoms with E-state index in [1.54, 1.807) is 30.2 Å².